The maximum Gasteiger partial charge on any atom is 0.137 e. The van der Waals surface area contributed by atoms with E-state index in [9.17, 15) is 0 Å². The summed E-state index contributed by atoms with van der Waals surface area (Å²) in [6, 6.07) is 11.5. The van der Waals surface area contributed by atoms with Crippen molar-refractivity contribution in [1.82, 2.24) is 4.98 Å². The molecule has 0 radical (unpaired) electrons. The lowest BCUT2D eigenvalue weighted by atomic mass is 9.96. The maximum atomic E-state index is 6.08. The van der Waals surface area contributed by atoms with Crippen LogP contribution in [0.3, 0.4) is 0 Å². The summed E-state index contributed by atoms with van der Waals surface area (Å²) >= 11 is 0. The van der Waals surface area contributed by atoms with Gasteiger partial charge in [0.25, 0.3) is 0 Å². The maximum absolute atomic E-state index is 6.08. The van der Waals surface area contributed by atoms with Gasteiger partial charge in [0.05, 0.1) is 6.54 Å². The van der Waals surface area contributed by atoms with Gasteiger partial charge in [-0.05, 0) is 61.4 Å². The predicted molar refractivity (Wildman–Crippen MR) is 95.5 cm³/mol. The molecule has 2 aliphatic rings. The van der Waals surface area contributed by atoms with E-state index in [1.807, 2.05) is 12.4 Å². The Labute approximate surface area is 144 Å². The summed E-state index contributed by atoms with van der Waals surface area (Å²) in [5, 5.41) is 0. The van der Waals surface area contributed by atoms with Crippen LogP contribution < -0.4 is 9.64 Å². The Bertz CT molecular complexity index is 671. The van der Waals surface area contributed by atoms with E-state index in [0.29, 0.717) is 6.04 Å². The third kappa shape index (κ3) is 3.46. The van der Waals surface area contributed by atoms with Crippen LogP contribution in [0, 0.1) is 0 Å². The summed E-state index contributed by atoms with van der Waals surface area (Å²) in [7, 11) is 0. The third-order valence-electron chi connectivity index (χ3n) is 5.58. The summed E-state index contributed by atoms with van der Waals surface area (Å²) in [6.45, 7) is 3.11. The molecule has 0 saturated carbocycles. The van der Waals surface area contributed by atoms with Gasteiger partial charge in [0.15, 0.2) is 0 Å². The summed E-state index contributed by atoms with van der Waals surface area (Å²) in [4.78, 5) is 5.96. The van der Waals surface area contributed by atoms with E-state index < -0.39 is 0 Å². The van der Waals surface area contributed by atoms with Gasteiger partial charge in [-0.15, -0.1) is 0 Å². The molecule has 2 heterocycles. The lowest BCUT2D eigenvalue weighted by Crippen LogP contribution is -3.13. The quantitative estimate of drug-likeness (QED) is 0.916. The number of pyridine rings is 1. The lowest BCUT2D eigenvalue weighted by molar-refractivity contribution is -0.937. The first-order chi connectivity index (χ1) is 11.9. The van der Waals surface area contributed by atoms with Crippen molar-refractivity contribution in [2.45, 2.75) is 44.6 Å². The minimum Gasteiger partial charge on any atom is -0.488 e. The number of quaternary nitrogens is 1. The SMILES string of the molecule is c1cncc([C@@H]2CCCC[NH+]2CCOc2ccc3c(c2)CCC3)c1. The topological polar surface area (TPSA) is 26.6 Å². The number of aryl methyl sites for hydroxylation is 2. The highest BCUT2D eigenvalue weighted by molar-refractivity contribution is 5.38. The van der Waals surface area contributed by atoms with E-state index in [1.165, 1.54) is 61.8 Å². The van der Waals surface area contributed by atoms with Crippen LogP contribution in [0.4, 0.5) is 0 Å². The molecule has 0 spiro atoms. The number of fused-ring (bicyclic) bond motifs is 1. The van der Waals surface area contributed by atoms with Crippen molar-refractivity contribution in [3.05, 3.63) is 59.4 Å². The van der Waals surface area contributed by atoms with Crippen LogP contribution in [0.25, 0.3) is 0 Å². The molecule has 126 valence electrons. The molecular weight excluding hydrogens is 296 g/mol. The molecule has 1 N–H and O–H groups in total. The number of ether oxygens (including phenoxy) is 1. The molecule has 1 aliphatic heterocycles. The molecule has 1 aliphatic carbocycles. The van der Waals surface area contributed by atoms with Crippen LogP contribution in [0.1, 0.15) is 48.4 Å². The molecule has 1 saturated heterocycles. The average Bonchev–Trinajstić information content (AvgIpc) is 3.11. The Morgan fingerprint density at radius 3 is 2.96 bits per heavy atom. The second-order valence-corrected chi connectivity index (χ2v) is 7.13. The molecule has 1 aromatic heterocycles. The highest BCUT2D eigenvalue weighted by atomic mass is 16.5. The van der Waals surface area contributed by atoms with Crippen LogP contribution in [-0.2, 0) is 12.8 Å². The molecule has 24 heavy (non-hydrogen) atoms. The minimum atomic E-state index is 0.580. The van der Waals surface area contributed by atoms with E-state index >= 15 is 0 Å². The van der Waals surface area contributed by atoms with E-state index in [-0.39, 0.29) is 0 Å². The number of nitrogens with zero attached hydrogens (tertiary/aromatic N) is 1. The second kappa shape index (κ2) is 7.35. The van der Waals surface area contributed by atoms with Gasteiger partial charge in [-0.3, -0.25) is 4.98 Å². The Balaban J connectivity index is 1.35. The number of hydrogen-bond donors (Lipinski definition) is 1. The van der Waals surface area contributed by atoms with Gasteiger partial charge >= 0.3 is 0 Å². The van der Waals surface area contributed by atoms with Crippen LogP contribution in [-0.4, -0.2) is 24.7 Å². The molecule has 0 bridgehead atoms. The standard InChI is InChI=1S/C21H26N2O/c1-2-12-23(21(8-1)19-7-4-11-22-16-19)13-14-24-20-10-9-17-5-3-6-18(17)15-20/h4,7,9-11,15-16,21H,1-3,5-6,8,12-14H2/p+1/t21-/m0/s1. The molecule has 1 fully saturated rings. The number of hydrogen-bond acceptors (Lipinski definition) is 2. The van der Waals surface area contributed by atoms with Gasteiger partial charge in [0, 0.05) is 24.4 Å². The Kier molecular flexibility index (Phi) is 4.79. The van der Waals surface area contributed by atoms with Gasteiger partial charge < -0.3 is 9.64 Å². The van der Waals surface area contributed by atoms with Crippen molar-refractivity contribution in [1.29, 1.82) is 0 Å². The van der Waals surface area contributed by atoms with Crippen molar-refractivity contribution < 1.29 is 9.64 Å². The van der Waals surface area contributed by atoms with Crippen molar-refractivity contribution in [3.63, 3.8) is 0 Å². The van der Waals surface area contributed by atoms with Crippen molar-refractivity contribution in [2.24, 2.45) is 0 Å². The summed E-state index contributed by atoms with van der Waals surface area (Å²) in [5.41, 5.74) is 4.39. The third-order valence-corrected chi connectivity index (χ3v) is 5.58. The fraction of sp³-hybridized carbons (Fsp3) is 0.476. The van der Waals surface area contributed by atoms with E-state index in [4.69, 9.17) is 4.74 Å². The molecule has 3 nitrogen and oxygen atoms in total. The van der Waals surface area contributed by atoms with E-state index in [1.54, 1.807) is 4.90 Å². The molecule has 3 heteroatoms. The number of piperidine rings is 1. The molecule has 4 rings (SSSR count). The fourth-order valence-corrected chi connectivity index (χ4v) is 4.30. The Hall–Kier alpha value is -1.87. The lowest BCUT2D eigenvalue weighted by Gasteiger charge is -2.32. The fourth-order valence-electron chi connectivity index (χ4n) is 4.30. The number of aromatic nitrogens is 1. The highest BCUT2D eigenvalue weighted by Gasteiger charge is 2.27. The van der Waals surface area contributed by atoms with E-state index in [0.717, 1.165) is 18.9 Å². The average molecular weight is 323 g/mol. The zero-order valence-corrected chi connectivity index (χ0v) is 14.3. The van der Waals surface area contributed by atoms with Crippen LogP contribution >= 0.6 is 0 Å². The first kappa shape index (κ1) is 15.6. The van der Waals surface area contributed by atoms with Crippen molar-refractivity contribution >= 4 is 0 Å². The van der Waals surface area contributed by atoms with Gasteiger partial charge in [0.2, 0.25) is 0 Å². The van der Waals surface area contributed by atoms with Gasteiger partial charge in [-0.2, -0.15) is 0 Å². The van der Waals surface area contributed by atoms with Crippen LogP contribution in [0.5, 0.6) is 5.75 Å². The normalized spacial score (nSPS) is 23.0. The van der Waals surface area contributed by atoms with Crippen molar-refractivity contribution in [2.75, 3.05) is 19.7 Å². The molecule has 1 unspecified atom stereocenters. The van der Waals surface area contributed by atoms with Gasteiger partial charge in [-0.1, -0.05) is 12.1 Å². The number of benzene rings is 1. The molecule has 0 amide bonds. The van der Waals surface area contributed by atoms with Gasteiger partial charge in [-0.25, -0.2) is 0 Å². The van der Waals surface area contributed by atoms with E-state index in [2.05, 4.69) is 35.3 Å². The van der Waals surface area contributed by atoms with Gasteiger partial charge in [0.1, 0.15) is 24.9 Å². The summed E-state index contributed by atoms with van der Waals surface area (Å²) in [6.07, 6.45) is 11.6. The smallest absolute Gasteiger partial charge is 0.137 e. The first-order valence-electron chi connectivity index (χ1n) is 9.39. The van der Waals surface area contributed by atoms with Crippen LogP contribution in [0.15, 0.2) is 42.7 Å². The summed E-state index contributed by atoms with van der Waals surface area (Å²) in [5.74, 6) is 1.05. The monoisotopic (exact) mass is 323 g/mol. The van der Waals surface area contributed by atoms with Crippen molar-refractivity contribution in [3.8, 4) is 5.75 Å². The number of rotatable bonds is 5. The molecule has 1 aromatic carbocycles. The minimum absolute atomic E-state index is 0.580. The Morgan fingerprint density at radius 1 is 1.08 bits per heavy atom. The molecule has 2 aromatic rings. The predicted octanol–water partition coefficient (Wildman–Crippen LogP) is 2.76. The molecule has 2 atom stereocenters. The summed E-state index contributed by atoms with van der Waals surface area (Å²) < 4.78 is 6.08. The second-order valence-electron chi connectivity index (χ2n) is 7.13. The highest BCUT2D eigenvalue weighted by Crippen LogP contribution is 2.26. The largest absolute Gasteiger partial charge is 0.488 e. The number of likely N-dealkylation sites (tertiary alicyclic amines) is 1. The zero-order chi connectivity index (χ0) is 16.2. The first-order valence-corrected chi connectivity index (χ1v) is 9.39. The Morgan fingerprint density at radius 2 is 2.04 bits per heavy atom. The zero-order valence-electron chi connectivity index (χ0n) is 14.3. The molecular formula is C21H27N2O+. The van der Waals surface area contributed by atoms with Crippen LogP contribution in [0.2, 0.25) is 0 Å². The number of nitrogens with one attached hydrogen (secondary N) is 1.